The van der Waals surface area contributed by atoms with Crippen LogP contribution in [0.3, 0.4) is 0 Å². The topological polar surface area (TPSA) is 50.9 Å². The number of halogens is 2. The van der Waals surface area contributed by atoms with Gasteiger partial charge < -0.3 is 5.11 Å². The number of hydrogen-bond acceptors (Lipinski definition) is 3. The largest absolute Gasteiger partial charge is 0.386 e. The molecule has 0 amide bonds. The summed E-state index contributed by atoms with van der Waals surface area (Å²) < 4.78 is 14.6. The van der Waals surface area contributed by atoms with Gasteiger partial charge in [0.25, 0.3) is 0 Å². The van der Waals surface area contributed by atoms with Crippen molar-refractivity contribution in [3.05, 3.63) is 46.5 Å². The average Bonchev–Trinajstić information content (AvgIpc) is 2.81. The fraction of sp³-hybridized carbons (Fsp3) is 0.385. The van der Waals surface area contributed by atoms with Crippen molar-refractivity contribution in [3.8, 4) is 0 Å². The first-order valence-electron chi connectivity index (χ1n) is 6.12. The number of aryl methyl sites for hydroxylation is 1. The van der Waals surface area contributed by atoms with Crippen molar-refractivity contribution in [1.29, 1.82) is 0 Å². The van der Waals surface area contributed by atoms with Gasteiger partial charge in [-0.3, -0.25) is 0 Å². The fourth-order valence-electron chi connectivity index (χ4n) is 1.91. The fourth-order valence-corrected chi connectivity index (χ4v) is 2.15. The van der Waals surface area contributed by atoms with Crippen molar-refractivity contribution >= 4 is 11.6 Å². The molecular weight excluding hydrogens is 269 g/mol. The van der Waals surface area contributed by atoms with Crippen LogP contribution in [0.2, 0.25) is 5.02 Å². The van der Waals surface area contributed by atoms with Gasteiger partial charge in [-0.1, -0.05) is 29.8 Å². The summed E-state index contributed by atoms with van der Waals surface area (Å²) in [7, 11) is 0. The molecule has 1 aromatic heterocycles. The minimum Gasteiger partial charge on any atom is -0.386 e. The molecule has 0 aliphatic carbocycles. The lowest BCUT2D eigenvalue weighted by Gasteiger charge is -2.13. The second-order valence-corrected chi connectivity index (χ2v) is 4.74. The molecule has 0 spiro atoms. The van der Waals surface area contributed by atoms with E-state index in [1.165, 1.54) is 18.3 Å². The predicted molar refractivity (Wildman–Crippen MR) is 70.4 cm³/mol. The standard InChI is InChI=1S/C13H15ClFN3O/c1-2-5-18-12(8-16-17-18)13(19)6-9-3-4-10(15)7-11(9)14/h3-4,7-8,13,19H,2,5-6H2,1H3. The van der Waals surface area contributed by atoms with Crippen LogP contribution in [0.25, 0.3) is 0 Å². The van der Waals surface area contributed by atoms with E-state index >= 15 is 0 Å². The van der Waals surface area contributed by atoms with Crippen molar-refractivity contribution in [2.24, 2.45) is 0 Å². The highest BCUT2D eigenvalue weighted by Crippen LogP contribution is 2.24. The molecule has 0 fully saturated rings. The predicted octanol–water partition coefficient (Wildman–Crippen LogP) is 2.76. The lowest BCUT2D eigenvalue weighted by atomic mass is 10.1. The Labute approximate surface area is 115 Å². The van der Waals surface area contributed by atoms with Crippen LogP contribution in [0.4, 0.5) is 4.39 Å². The Hall–Kier alpha value is -1.46. The van der Waals surface area contributed by atoms with Crippen molar-refractivity contribution in [2.45, 2.75) is 32.4 Å². The molecule has 2 aromatic rings. The summed E-state index contributed by atoms with van der Waals surface area (Å²) in [6, 6.07) is 4.15. The molecule has 1 heterocycles. The first-order valence-corrected chi connectivity index (χ1v) is 6.50. The third-order valence-electron chi connectivity index (χ3n) is 2.85. The molecule has 1 N–H and O–H groups in total. The van der Waals surface area contributed by atoms with Gasteiger partial charge in [-0.15, -0.1) is 5.10 Å². The molecule has 1 unspecified atom stereocenters. The van der Waals surface area contributed by atoms with Crippen LogP contribution in [-0.2, 0) is 13.0 Å². The van der Waals surface area contributed by atoms with Gasteiger partial charge in [-0.05, 0) is 24.1 Å². The molecule has 19 heavy (non-hydrogen) atoms. The van der Waals surface area contributed by atoms with Crippen LogP contribution in [0, 0.1) is 5.82 Å². The Morgan fingerprint density at radius 1 is 1.47 bits per heavy atom. The van der Waals surface area contributed by atoms with E-state index in [0.717, 1.165) is 6.42 Å². The summed E-state index contributed by atoms with van der Waals surface area (Å²) in [4.78, 5) is 0. The smallest absolute Gasteiger partial charge is 0.124 e. The van der Waals surface area contributed by atoms with Gasteiger partial charge in [0.1, 0.15) is 11.9 Å². The highest BCUT2D eigenvalue weighted by Gasteiger charge is 2.16. The number of aliphatic hydroxyl groups excluding tert-OH is 1. The highest BCUT2D eigenvalue weighted by molar-refractivity contribution is 6.31. The Kier molecular flexibility index (Phi) is 4.50. The van der Waals surface area contributed by atoms with Gasteiger partial charge in [0.05, 0.1) is 11.9 Å². The van der Waals surface area contributed by atoms with E-state index in [4.69, 9.17) is 11.6 Å². The maximum Gasteiger partial charge on any atom is 0.124 e. The van der Waals surface area contributed by atoms with Crippen molar-refractivity contribution in [2.75, 3.05) is 0 Å². The van der Waals surface area contributed by atoms with E-state index in [-0.39, 0.29) is 5.82 Å². The Bertz CT molecular complexity index is 559. The van der Waals surface area contributed by atoms with Gasteiger partial charge in [0, 0.05) is 18.0 Å². The van der Waals surface area contributed by atoms with Crippen LogP contribution >= 0.6 is 11.6 Å². The molecule has 0 aliphatic rings. The Morgan fingerprint density at radius 3 is 2.95 bits per heavy atom. The number of nitrogens with zero attached hydrogens (tertiary/aromatic N) is 3. The zero-order valence-electron chi connectivity index (χ0n) is 10.6. The molecular formula is C13H15ClFN3O. The molecule has 1 atom stereocenters. The SMILES string of the molecule is CCCn1nncc1C(O)Cc1ccc(F)cc1Cl. The minimum absolute atomic E-state index is 0.302. The maximum atomic E-state index is 13.0. The summed E-state index contributed by atoms with van der Waals surface area (Å²) in [5, 5.41) is 18.2. The third-order valence-corrected chi connectivity index (χ3v) is 3.20. The number of rotatable bonds is 5. The highest BCUT2D eigenvalue weighted by atomic mass is 35.5. The van der Waals surface area contributed by atoms with E-state index in [2.05, 4.69) is 10.3 Å². The van der Waals surface area contributed by atoms with Gasteiger partial charge in [0.15, 0.2) is 0 Å². The van der Waals surface area contributed by atoms with Crippen LogP contribution < -0.4 is 0 Å². The maximum absolute atomic E-state index is 13.0. The number of benzene rings is 1. The minimum atomic E-state index is -0.760. The Balaban J connectivity index is 2.16. The lowest BCUT2D eigenvalue weighted by Crippen LogP contribution is -2.11. The molecule has 0 aliphatic heterocycles. The quantitative estimate of drug-likeness (QED) is 0.918. The molecule has 0 saturated carbocycles. The van der Waals surface area contributed by atoms with Crippen LogP contribution in [0.15, 0.2) is 24.4 Å². The van der Waals surface area contributed by atoms with Crippen molar-refractivity contribution < 1.29 is 9.50 Å². The molecule has 4 nitrogen and oxygen atoms in total. The summed E-state index contributed by atoms with van der Waals surface area (Å²) in [5.41, 5.74) is 1.34. The zero-order valence-corrected chi connectivity index (χ0v) is 11.3. The lowest BCUT2D eigenvalue weighted by molar-refractivity contribution is 0.166. The molecule has 2 rings (SSSR count). The summed E-state index contributed by atoms with van der Waals surface area (Å²) >= 11 is 5.95. The molecule has 1 aromatic carbocycles. The van der Waals surface area contributed by atoms with E-state index in [1.807, 2.05) is 6.92 Å². The first kappa shape index (κ1) is 14.0. The zero-order chi connectivity index (χ0) is 13.8. The second kappa shape index (κ2) is 6.12. The third kappa shape index (κ3) is 3.30. The van der Waals surface area contributed by atoms with E-state index in [0.29, 0.717) is 29.2 Å². The summed E-state index contributed by atoms with van der Waals surface area (Å²) in [5.74, 6) is -0.388. The van der Waals surface area contributed by atoms with Gasteiger partial charge >= 0.3 is 0 Å². The monoisotopic (exact) mass is 283 g/mol. The molecule has 0 saturated heterocycles. The summed E-state index contributed by atoms with van der Waals surface area (Å²) in [6.45, 7) is 2.72. The number of aliphatic hydroxyl groups is 1. The van der Waals surface area contributed by atoms with E-state index < -0.39 is 6.10 Å². The molecule has 0 radical (unpaired) electrons. The van der Waals surface area contributed by atoms with E-state index in [1.54, 1.807) is 10.7 Å². The average molecular weight is 284 g/mol. The Morgan fingerprint density at radius 2 is 2.26 bits per heavy atom. The number of hydrogen-bond donors (Lipinski definition) is 1. The number of aromatic nitrogens is 3. The first-order chi connectivity index (χ1) is 9.11. The van der Waals surface area contributed by atoms with Crippen LogP contribution in [0.1, 0.15) is 30.7 Å². The molecule has 102 valence electrons. The normalized spacial score (nSPS) is 12.6. The van der Waals surface area contributed by atoms with Gasteiger partial charge in [-0.25, -0.2) is 9.07 Å². The second-order valence-electron chi connectivity index (χ2n) is 4.34. The van der Waals surface area contributed by atoms with E-state index in [9.17, 15) is 9.50 Å². The van der Waals surface area contributed by atoms with Crippen LogP contribution in [-0.4, -0.2) is 20.1 Å². The summed E-state index contributed by atoms with van der Waals surface area (Å²) in [6.07, 6.45) is 1.98. The van der Waals surface area contributed by atoms with Gasteiger partial charge in [-0.2, -0.15) is 0 Å². The van der Waals surface area contributed by atoms with Crippen LogP contribution in [0.5, 0.6) is 0 Å². The molecule has 6 heteroatoms. The van der Waals surface area contributed by atoms with Crippen molar-refractivity contribution in [3.63, 3.8) is 0 Å². The van der Waals surface area contributed by atoms with Gasteiger partial charge in [0.2, 0.25) is 0 Å². The van der Waals surface area contributed by atoms with Crippen molar-refractivity contribution in [1.82, 2.24) is 15.0 Å². The molecule has 0 bridgehead atoms.